The largest absolute Gasteiger partial charge is 0.312 e. The number of rotatable bonds is 4. The molecule has 47 heavy (non-hydrogen) atoms. The third-order valence-corrected chi connectivity index (χ3v) is 9.09. The number of fused-ring (bicyclic) bond motifs is 10. The number of hydrogen-bond donors (Lipinski definition) is 0. The molecule has 0 aliphatic heterocycles. The van der Waals surface area contributed by atoms with Crippen LogP contribution in [0.2, 0.25) is 0 Å². The number of pyridine rings is 1. The minimum absolute atomic E-state index is 0.577. The van der Waals surface area contributed by atoms with E-state index in [1.807, 2.05) is 36.4 Å². The second-order valence-electron chi connectivity index (χ2n) is 11.7. The molecule has 0 aliphatic carbocycles. The zero-order valence-corrected chi connectivity index (χ0v) is 25.2. The molecular weight excluding hydrogens is 576 g/mol. The van der Waals surface area contributed by atoms with Gasteiger partial charge >= 0.3 is 0 Å². The summed E-state index contributed by atoms with van der Waals surface area (Å²) in [6, 6.07) is 52.5. The number of aromatic nitrogens is 6. The first-order valence-electron chi connectivity index (χ1n) is 15.7. The average Bonchev–Trinajstić information content (AvgIpc) is 3.85. The molecule has 0 N–H and O–H groups in total. The molecule has 5 aromatic heterocycles. The minimum Gasteiger partial charge on any atom is -0.312 e. The Labute approximate surface area is 269 Å². The maximum Gasteiger partial charge on any atom is 0.238 e. The van der Waals surface area contributed by atoms with Crippen LogP contribution in [0.15, 0.2) is 158 Å². The summed E-state index contributed by atoms with van der Waals surface area (Å²) in [6.07, 6.45) is 2.17. The fourth-order valence-corrected chi connectivity index (χ4v) is 7.14. The van der Waals surface area contributed by atoms with Crippen LogP contribution in [0, 0.1) is 0 Å². The van der Waals surface area contributed by atoms with Crippen LogP contribution in [0.25, 0.3) is 83.7 Å². The first kappa shape index (κ1) is 25.8. The van der Waals surface area contributed by atoms with Gasteiger partial charge in [-0.3, -0.25) is 4.57 Å². The quantitative estimate of drug-likeness (QED) is 0.202. The van der Waals surface area contributed by atoms with Gasteiger partial charge in [-0.1, -0.05) is 115 Å². The van der Waals surface area contributed by atoms with Gasteiger partial charge in [-0.25, -0.2) is 4.98 Å². The summed E-state index contributed by atoms with van der Waals surface area (Å²) in [4.78, 5) is 15.4. The molecule has 6 heteroatoms. The van der Waals surface area contributed by atoms with Crippen LogP contribution >= 0.6 is 0 Å². The molecule has 10 rings (SSSR count). The third kappa shape index (κ3) is 3.76. The molecule has 0 amide bonds. The molecule has 10 aromatic rings. The molecule has 0 spiro atoms. The Hall–Kier alpha value is -6.53. The Balaban J connectivity index is 1.44. The van der Waals surface area contributed by atoms with Crippen molar-refractivity contribution in [3.05, 3.63) is 158 Å². The third-order valence-electron chi connectivity index (χ3n) is 9.09. The average molecular weight is 603 g/mol. The van der Waals surface area contributed by atoms with E-state index in [0.29, 0.717) is 17.6 Å². The van der Waals surface area contributed by atoms with Crippen molar-refractivity contribution in [2.75, 3.05) is 0 Å². The Morgan fingerprint density at radius 1 is 0.383 bits per heavy atom. The fourth-order valence-electron chi connectivity index (χ4n) is 7.14. The van der Waals surface area contributed by atoms with Crippen LogP contribution in [0.4, 0.5) is 0 Å². The van der Waals surface area contributed by atoms with E-state index in [4.69, 9.17) is 15.0 Å². The summed E-state index contributed by atoms with van der Waals surface area (Å²) in [5, 5.41) is 3.46. The second-order valence-corrected chi connectivity index (χ2v) is 11.7. The highest BCUT2D eigenvalue weighted by Crippen LogP contribution is 2.43. The van der Waals surface area contributed by atoms with Crippen molar-refractivity contribution >= 4 is 49.3 Å². The Bertz CT molecular complexity index is 2720. The van der Waals surface area contributed by atoms with Crippen molar-refractivity contribution in [3.63, 3.8) is 0 Å². The fraction of sp³-hybridized carbons (Fsp3) is 0. The van der Waals surface area contributed by atoms with Crippen molar-refractivity contribution in [1.29, 1.82) is 0 Å². The maximum atomic E-state index is 5.22. The van der Waals surface area contributed by atoms with Gasteiger partial charge in [0.25, 0.3) is 0 Å². The van der Waals surface area contributed by atoms with E-state index >= 15 is 0 Å². The lowest BCUT2D eigenvalue weighted by atomic mass is 10.1. The van der Waals surface area contributed by atoms with E-state index in [-0.39, 0.29) is 0 Å². The summed E-state index contributed by atoms with van der Waals surface area (Å²) >= 11 is 0. The van der Waals surface area contributed by atoms with E-state index in [2.05, 4.69) is 135 Å². The predicted octanol–water partition coefficient (Wildman–Crippen LogP) is 9.65. The van der Waals surface area contributed by atoms with Gasteiger partial charge in [0.1, 0.15) is 0 Å². The predicted molar refractivity (Wildman–Crippen MR) is 190 cm³/mol. The monoisotopic (exact) mass is 602 g/mol. The summed E-state index contributed by atoms with van der Waals surface area (Å²) in [5.74, 6) is 1.84. The molecule has 0 fully saturated rings. The second kappa shape index (κ2) is 9.99. The van der Waals surface area contributed by atoms with Gasteiger partial charge in [-0.2, -0.15) is 9.97 Å². The van der Waals surface area contributed by atoms with Gasteiger partial charge in [-0.05, 0) is 36.4 Å². The number of para-hydroxylation sites is 3. The highest BCUT2D eigenvalue weighted by atomic mass is 15.2. The van der Waals surface area contributed by atoms with Crippen molar-refractivity contribution in [1.82, 2.24) is 28.5 Å². The van der Waals surface area contributed by atoms with Gasteiger partial charge in [0.15, 0.2) is 11.6 Å². The topological polar surface area (TPSA) is 52.9 Å². The van der Waals surface area contributed by atoms with Crippen molar-refractivity contribution in [2.24, 2.45) is 0 Å². The molecule has 0 atom stereocenters. The van der Waals surface area contributed by atoms with Crippen molar-refractivity contribution in [2.45, 2.75) is 0 Å². The molecule has 5 aromatic carbocycles. The molecule has 6 nitrogen and oxygen atoms in total. The Kier molecular flexibility index (Phi) is 5.48. The molecule has 0 radical (unpaired) electrons. The van der Waals surface area contributed by atoms with Gasteiger partial charge in [0.2, 0.25) is 5.95 Å². The Morgan fingerprint density at radius 3 is 1.57 bits per heavy atom. The van der Waals surface area contributed by atoms with Crippen molar-refractivity contribution in [3.8, 4) is 34.4 Å². The Morgan fingerprint density at radius 2 is 0.915 bits per heavy atom. The first-order valence-corrected chi connectivity index (χ1v) is 15.7. The van der Waals surface area contributed by atoms with Crippen LogP contribution in [0.5, 0.6) is 0 Å². The smallest absolute Gasteiger partial charge is 0.238 e. The van der Waals surface area contributed by atoms with Gasteiger partial charge in [0.05, 0.1) is 33.1 Å². The zero-order valence-electron chi connectivity index (χ0n) is 25.2. The molecule has 0 aliphatic rings. The molecular formula is C41H26N6. The summed E-state index contributed by atoms with van der Waals surface area (Å²) in [6.45, 7) is 0. The minimum atomic E-state index is 0.577. The van der Waals surface area contributed by atoms with E-state index in [9.17, 15) is 0 Å². The van der Waals surface area contributed by atoms with Crippen LogP contribution in [-0.4, -0.2) is 28.5 Å². The lowest BCUT2D eigenvalue weighted by molar-refractivity contribution is 0.954. The van der Waals surface area contributed by atoms with E-state index in [1.165, 1.54) is 5.39 Å². The zero-order chi connectivity index (χ0) is 30.9. The maximum absolute atomic E-state index is 5.22. The van der Waals surface area contributed by atoms with Gasteiger partial charge < -0.3 is 8.97 Å². The van der Waals surface area contributed by atoms with Crippen molar-refractivity contribution < 1.29 is 0 Å². The van der Waals surface area contributed by atoms with Crippen LogP contribution < -0.4 is 0 Å². The first-order chi connectivity index (χ1) is 23.3. The summed E-state index contributed by atoms with van der Waals surface area (Å²) in [7, 11) is 0. The molecule has 5 heterocycles. The van der Waals surface area contributed by atoms with Gasteiger partial charge in [0, 0.05) is 39.2 Å². The van der Waals surface area contributed by atoms with E-state index in [1.54, 1.807) is 0 Å². The lowest BCUT2D eigenvalue weighted by Gasteiger charge is -2.13. The molecule has 0 bridgehead atoms. The van der Waals surface area contributed by atoms with E-state index in [0.717, 1.165) is 60.7 Å². The standard InChI is InChI=1S/C41H26N6/c1-4-15-27(16-5-1)39-42-40(28-17-6-2-7-18-28)44-41(43-39)47-33-24-13-11-22-31(33)36-38(47)35-30-21-10-12-23-32(30)46(29-19-8-3-9-20-29)37(35)34-25-14-26-45(34)36/h1-26H. The molecule has 0 unspecified atom stereocenters. The van der Waals surface area contributed by atoms with Crippen LogP contribution in [-0.2, 0) is 0 Å². The van der Waals surface area contributed by atoms with Crippen LogP contribution in [0.3, 0.4) is 0 Å². The van der Waals surface area contributed by atoms with Gasteiger partial charge in [-0.15, -0.1) is 0 Å². The molecule has 0 saturated carbocycles. The van der Waals surface area contributed by atoms with Crippen LogP contribution in [0.1, 0.15) is 0 Å². The molecule has 0 saturated heterocycles. The number of nitrogens with zero attached hydrogens (tertiary/aromatic N) is 6. The summed E-state index contributed by atoms with van der Waals surface area (Å²) < 4.78 is 6.96. The summed E-state index contributed by atoms with van der Waals surface area (Å²) in [5.41, 5.74) is 9.62. The SMILES string of the molecule is c1ccc(-c2nc(-c3ccccc3)nc(-n3c4ccccc4c4c3c3c5ccccc5n(-c5ccccc5)c3c3cccn34)n2)cc1. The molecule has 220 valence electrons. The van der Waals surface area contributed by atoms with E-state index < -0.39 is 0 Å². The lowest BCUT2D eigenvalue weighted by Crippen LogP contribution is -2.07. The number of hydrogen-bond acceptors (Lipinski definition) is 3. The normalized spacial score (nSPS) is 11.8. The highest BCUT2D eigenvalue weighted by molar-refractivity contribution is 6.28. The highest BCUT2D eigenvalue weighted by Gasteiger charge is 2.26. The number of benzene rings is 5.